The van der Waals surface area contributed by atoms with Gasteiger partial charge in [-0.3, -0.25) is 9.59 Å². The lowest BCUT2D eigenvalue weighted by Gasteiger charge is -2.32. The highest BCUT2D eigenvalue weighted by Gasteiger charge is 2.26. The van der Waals surface area contributed by atoms with Gasteiger partial charge in [0.05, 0.1) is 18.2 Å². The van der Waals surface area contributed by atoms with E-state index >= 15 is 0 Å². The maximum absolute atomic E-state index is 12.8. The standard InChI is InChI=1S/C16H21N5O3/c1-24-8-7-19-9-13(4-5-15(19)22)16(23)20-6-2-3-14(10-20)21-12-17-11-18-21/h4-5,9,11-12,14H,2-3,6-8,10H2,1H3. The minimum atomic E-state index is -0.136. The first-order valence-corrected chi connectivity index (χ1v) is 8.02. The van der Waals surface area contributed by atoms with Gasteiger partial charge in [-0.2, -0.15) is 5.10 Å². The van der Waals surface area contributed by atoms with Crippen LogP contribution in [0.3, 0.4) is 0 Å². The molecule has 8 nitrogen and oxygen atoms in total. The number of aromatic nitrogens is 4. The molecule has 0 aliphatic carbocycles. The average Bonchev–Trinajstić information content (AvgIpc) is 3.15. The van der Waals surface area contributed by atoms with Crippen LogP contribution in [0.1, 0.15) is 29.2 Å². The van der Waals surface area contributed by atoms with Crippen molar-refractivity contribution in [1.29, 1.82) is 0 Å². The van der Waals surface area contributed by atoms with Gasteiger partial charge in [0.1, 0.15) is 12.7 Å². The summed E-state index contributed by atoms with van der Waals surface area (Å²) in [5, 5.41) is 4.17. The van der Waals surface area contributed by atoms with Crippen LogP contribution >= 0.6 is 0 Å². The molecule has 1 amide bonds. The molecule has 0 saturated carbocycles. The molecule has 1 aliphatic rings. The topological polar surface area (TPSA) is 82.2 Å². The van der Waals surface area contributed by atoms with Gasteiger partial charge in [0, 0.05) is 39.0 Å². The minimum Gasteiger partial charge on any atom is -0.383 e. The highest BCUT2D eigenvalue weighted by molar-refractivity contribution is 5.94. The molecule has 2 aromatic rings. The summed E-state index contributed by atoms with van der Waals surface area (Å²) in [7, 11) is 1.58. The quantitative estimate of drug-likeness (QED) is 0.800. The number of ether oxygens (including phenoxy) is 1. The molecule has 0 radical (unpaired) electrons. The van der Waals surface area contributed by atoms with Crippen LogP contribution in [0.15, 0.2) is 35.8 Å². The molecule has 0 aromatic carbocycles. The van der Waals surface area contributed by atoms with E-state index in [1.54, 1.807) is 30.4 Å². The Morgan fingerprint density at radius 1 is 1.42 bits per heavy atom. The molecule has 1 fully saturated rings. The highest BCUT2D eigenvalue weighted by Crippen LogP contribution is 2.21. The zero-order chi connectivity index (χ0) is 16.9. The summed E-state index contributed by atoms with van der Waals surface area (Å²) in [6, 6.07) is 3.17. The first kappa shape index (κ1) is 16.4. The molecule has 1 atom stereocenters. The van der Waals surface area contributed by atoms with Crippen molar-refractivity contribution in [2.75, 3.05) is 26.8 Å². The number of carbonyl (C=O) groups is 1. The van der Waals surface area contributed by atoms with Gasteiger partial charge < -0.3 is 14.2 Å². The van der Waals surface area contributed by atoms with E-state index < -0.39 is 0 Å². The monoisotopic (exact) mass is 331 g/mol. The Hall–Kier alpha value is -2.48. The fourth-order valence-electron chi connectivity index (χ4n) is 2.97. The van der Waals surface area contributed by atoms with Crippen LogP contribution in [0.2, 0.25) is 0 Å². The van der Waals surface area contributed by atoms with Gasteiger partial charge in [-0.15, -0.1) is 0 Å². The third-order valence-electron chi connectivity index (χ3n) is 4.26. The molecular formula is C16H21N5O3. The van der Waals surface area contributed by atoms with Crippen molar-refractivity contribution in [3.63, 3.8) is 0 Å². The lowest BCUT2D eigenvalue weighted by Crippen LogP contribution is -2.41. The number of amides is 1. The number of carbonyl (C=O) groups excluding carboxylic acids is 1. The summed E-state index contributed by atoms with van der Waals surface area (Å²) < 4.78 is 8.32. The molecule has 1 aliphatic heterocycles. The van der Waals surface area contributed by atoms with Gasteiger partial charge in [-0.1, -0.05) is 0 Å². The molecule has 24 heavy (non-hydrogen) atoms. The fraction of sp³-hybridized carbons (Fsp3) is 0.500. The Kier molecular flexibility index (Phi) is 5.05. The van der Waals surface area contributed by atoms with Gasteiger partial charge in [-0.05, 0) is 18.9 Å². The Labute approximate surface area is 139 Å². The summed E-state index contributed by atoms with van der Waals surface area (Å²) in [4.78, 5) is 30.4. The van der Waals surface area contributed by atoms with Crippen LogP contribution in [0.25, 0.3) is 0 Å². The number of rotatable bonds is 5. The number of piperidine rings is 1. The molecule has 0 N–H and O–H groups in total. The molecule has 1 unspecified atom stereocenters. The zero-order valence-electron chi connectivity index (χ0n) is 13.7. The first-order chi connectivity index (χ1) is 11.7. The van der Waals surface area contributed by atoms with Crippen molar-refractivity contribution in [2.24, 2.45) is 0 Å². The van der Waals surface area contributed by atoms with E-state index in [1.807, 2.05) is 4.90 Å². The fourth-order valence-corrected chi connectivity index (χ4v) is 2.97. The Morgan fingerprint density at radius 3 is 3.04 bits per heavy atom. The van der Waals surface area contributed by atoms with E-state index in [0.717, 1.165) is 12.8 Å². The molecule has 3 rings (SSSR count). The van der Waals surface area contributed by atoms with Crippen molar-refractivity contribution < 1.29 is 9.53 Å². The number of likely N-dealkylation sites (tertiary alicyclic amines) is 1. The van der Waals surface area contributed by atoms with Crippen LogP contribution in [0.5, 0.6) is 0 Å². The van der Waals surface area contributed by atoms with Crippen molar-refractivity contribution in [1.82, 2.24) is 24.2 Å². The van der Waals surface area contributed by atoms with E-state index in [4.69, 9.17) is 4.74 Å². The largest absolute Gasteiger partial charge is 0.383 e. The predicted octanol–water partition coefficient (Wildman–Crippen LogP) is 0.563. The molecule has 1 saturated heterocycles. The second kappa shape index (κ2) is 7.39. The molecule has 0 bridgehead atoms. The number of methoxy groups -OCH3 is 1. The minimum absolute atomic E-state index is 0.0639. The van der Waals surface area contributed by atoms with Gasteiger partial charge in [0.25, 0.3) is 11.5 Å². The average molecular weight is 331 g/mol. The second-order valence-corrected chi connectivity index (χ2v) is 5.86. The summed E-state index contributed by atoms with van der Waals surface area (Å²) >= 11 is 0. The molecular weight excluding hydrogens is 310 g/mol. The SMILES string of the molecule is COCCn1cc(C(=O)N2CCCC(n3cncn3)C2)ccc1=O. The predicted molar refractivity (Wildman–Crippen MR) is 86.8 cm³/mol. The van der Waals surface area contributed by atoms with Gasteiger partial charge in [0.2, 0.25) is 0 Å². The van der Waals surface area contributed by atoms with Crippen LogP contribution in [0.4, 0.5) is 0 Å². The van der Waals surface area contributed by atoms with Crippen molar-refractivity contribution >= 4 is 5.91 Å². The third kappa shape index (κ3) is 3.53. The van der Waals surface area contributed by atoms with E-state index in [-0.39, 0.29) is 17.5 Å². The van der Waals surface area contributed by atoms with Gasteiger partial charge in [-0.25, -0.2) is 9.67 Å². The van der Waals surface area contributed by atoms with Crippen LogP contribution in [0, 0.1) is 0 Å². The molecule has 8 heteroatoms. The third-order valence-corrected chi connectivity index (χ3v) is 4.26. The van der Waals surface area contributed by atoms with Crippen molar-refractivity contribution in [2.45, 2.75) is 25.4 Å². The molecule has 2 aromatic heterocycles. The number of hydrogen-bond acceptors (Lipinski definition) is 5. The summed E-state index contributed by atoms with van der Waals surface area (Å²) in [6.07, 6.45) is 6.69. The number of nitrogens with zero attached hydrogens (tertiary/aromatic N) is 5. The molecule has 3 heterocycles. The maximum Gasteiger partial charge on any atom is 0.255 e. The Balaban J connectivity index is 1.74. The summed E-state index contributed by atoms with van der Waals surface area (Å²) in [5.74, 6) is -0.0639. The van der Waals surface area contributed by atoms with Crippen LogP contribution in [-0.2, 0) is 11.3 Å². The lowest BCUT2D eigenvalue weighted by molar-refractivity contribution is 0.0671. The normalized spacial score (nSPS) is 17.9. The van der Waals surface area contributed by atoms with Crippen LogP contribution < -0.4 is 5.56 Å². The lowest BCUT2D eigenvalue weighted by atomic mass is 10.0. The number of hydrogen-bond donors (Lipinski definition) is 0. The van der Waals surface area contributed by atoms with Crippen LogP contribution in [-0.4, -0.2) is 56.9 Å². The molecule has 0 spiro atoms. The van der Waals surface area contributed by atoms with E-state index in [2.05, 4.69) is 10.1 Å². The maximum atomic E-state index is 12.8. The van der Waals surface area contributed by atoms with Crippen molar-refractivity contribution in [3.05, 3.63) is 46.9 Å². The van der Waals surface area contributed by atoms with E-state index in [9.17, 15) is 9.59 Å². The Bertz CT molecular complexity index is 740. The zero-order valence-corrected chi connectivity index (χ0v) is 13.7. The second-order valence-electron chi connectivity index (χ2n) is 5.86. The van der Waals surface area contributed by atoms with E-state index in [0.29, 0.717) is 31.8 Å². The summed E-state index contributed by atoms with van der Waals surface area (Å²) in [6.45, 7) is 2.16. The van der Waals surface area contributed by atoms with Gasteiger partial charge in [0.15, 0.2) is 0 Å². The smallest absolute Gasteiger partial charge is 0.255 e. The molecule has 128 valence electrons. The summed E-state index contributed by atoms with van der Waals surface area (Å²) in [5.41, 5.74) is 0.382. The Morgan fingerprint density at radius 2 is 2.29 bits per heavy atom. The highest BCUT2D eigenvalue weighted by atomic mass is 16.5. The van der Waals surface area contributed by atoms with E-state index in [1.165, 1.54) is 17.0 Å². The van der Waals surface area contributed by atoms with Gasteiger partial charge >= 0.3 is 0 Å². The van der Waals surface area contributed by atoms with Crippen molar-refractivity contribution in [3.8, 4) is 0 Å². The number of pyridine rings is 1. The first-order valence-electron chi connectivity index (χ1n) is 8.02.